The third-order valence-electron chi connectivity index (χ3n) is 4.42. The average Bonchev–Trinajstić information content (AvgIpc) is 2.86. The number of aromatic nitrogens is 1. The highest BCUT2D eigenvalue weighted by Crippen LogP contribution is 2.28. The highest BCUT2D eigenvalue weighted by molar-refractivity contribution is 5.10. The van der Waals surface area contributed by atoms with E-state index in [1.165, 1.54) is 5.56 Å². The van der Waals surface area contributed by atoms with E-state index in [4.69, 9.17) is 5.73 Å². The molecule has 0 amide bonds. The van der Waals surface area contributed by atoms with Gasteiger partial charge in [0.1, 0.15) is 0 Å². The van der Waals surface area contributed by atoms with Crippen molar-refractivity contribution < 1.29 is 0 Å². The first-order valence-corrected chi connectivity index (χ1v) is 7.12. The number of hydrogen-bond acceptors (Lipinski definition) is 4. The van der Waals surface area contributed by atoms with Crippen LogP contribution < -0.4 is 5.73 Å². The Morgan fingerprint density at radius 2 is 2.32 bits per heavy atom. The van der Waals surface area contributed by atoms with Gasteiger partial charge >= 0.3 is 0 Å². The molecule has 19 heavy (non-hydrogen) atoms. The number of nitrogens with zero attached hydrogens (tertiary/aromatic N) is 3. The van der Waals surface area contributed by atoms with Crippen LogP contribution in [0, 0.1) is 0 Å². The zero-order valence-corrected chi connectivity index (χ0v) is 12.3. The molecule has 2 heterocycles. The van der Waals surface area contributed by atoms with E-state index in [2.05, 4.69) is 41.7 Å². The topological polar surface area (TPSA) is 45.4 Å². The van der Waals surface area contributed by atoms with Crippen molar-refractivity contribution >= 4 is 0 Å². The Kier molecular flexibility index (Phi) is 4.55. The Morgan fingerprint density at radius 3 is 2.84 bits per heavy atom. The second kappa shape index (κ2) is 5.99. The van der Waals surface area contributed by atoms with Gasteiger partial charge in [0.05, 0.1) is 0 Å². The molecule has 1 atom stereocenters. The quantitative estimate of drug-likeness (QED) is 0.869. The monoisotopic (exact) mass is 262 g/mol. The summed E-state index contributed by atoms with van der Waals surface area (Å²) in [6, 6.07) is 4.72. The smallest absolute Gasteiger partial charge is 0.0471 e. The highest BCUT2D eigenvalue weighted by Gasteiger charge is 2.40. The molecule has 2 rings (SSSR count). The molecule has 1 aromatic rings. The van der Waals surface area contributed by atoms with Crippen LogP contribution in [-0.2, 0) is 6.54 Å². The van der Waals surface area contributed by atoms with E-state index < -0.39 is 0 Å². The molecule has 1 aliphatic rings. The minimum Gasteiger partial charge on any atom is -0.329 e. The highest BCUT2D eigenvalue weighted by atomic mass is 15.3. The third-order valence-corrected chi connectivity index (χ3v) is 4.42. The summed E-state index contributed by atoms with van der Waals surface area (Å²) in [6.45, 7) is 8.36. The summed E-state index contributed by atoms with van der Waals surface area (Å²) in [7, 11) is 2.18. The summed E-state index contributed by atoms with van der Waals surface area (Å²) in [4.78, 5) is 9.12. The van der Waals surface area contributed by atoms with Crippen LogP contribution in [0.15, 0.2) is 24.5 Å². The van der Waals surface area contributed by atoms with E-state index >= 15 is 0 Å². The molecule has 0 aromatic carbocycles. The van der Waals surface area contributed by atoms with Gasteiger partial charge in [0.15, 0.2) is 0 Å². The van der Waals surface area contributed by atoms with Crippen molar-refractivity contribution in [2.75, 3.05) is 26.7 Å². The van der Waals surface area contributed by atoms with Crippen molar-refractivity contribution in [1.29, 1.82) is 0 Å². The van der Waals surface area contributed by atoms with Gasteiger partial charge in [-0.05, 0) is 38.9 Å². The molecule has 1 aliphatic heterocycles. The van der Waals surface area contributed by atoms with Crippen LogP contribution in [0.4, 0.5) is 0 Å². The van der Waals surface area contributed by atoms with Crippen LogP contribution in [0.25, 0.3) is 0 Å². The van der Waals surface area contributed by atoms with Gasteiger partial charge in [-0.15, -0.1) is 0 Å². The average molecular weight is 262 g/mol. The molecular weight excluding hydrogens is 236 g/mol. The lowest BCUT2D eigenvalue weighted by atomic mass is 9.96. The van der Waals surface area contributed by atoms with Gasteiger partial charge in [-0.1, -0.05) is 6.07 Å². The number of likely N-dealkylation sites (N-methyl/N-ethyl adjacent to an activating group) is 1. The number of likely N-dealkylation sites (tertiary alicyclic amines) is 1. The van der Waals surface area contributed by atoms with Crippen molar-refractivity contribution in [3.05, 3.63) is 30.1 Å². The maximum Gasteiger partial charge on any atom is 0.0471 e. The van der Waals surface area contributed by atoms with E-state index in [1.54, 1.807) is 0 Å². The van der Waals surface area contributed by atoms with Crippen LogP contribution in [0.5, 0.6) is 0 Å². The minimum absolute atomic E-state index is 0.111. The molecule has 0 bridgehead atoms. The first kappa shape index (κ1) is 14.4. The van der Waals surface area contributed by atoms with Crippen LogP contribution >= 0.6 is 0 Å². The molecule has 4 heteroatoms. The van der Waals surface area contributed by atoms with Crippen LogP contribution in [0.1, 0.15) is 25.8 Å². The Morgan fingerprint density at radius 1 is 1.53 bits per heavy atom. The fourth-order valence-corrected chi connectivity index (χ4v) is 2.90. The molecule has 1 unspecified atom stereocenters. The third kappa shape index (κ3) is 3.14. The van der Waals surface area contributed by atoms with E-state index in [9.17, 15) is 0 Å². The maximum absolute atomic E-state index is 6.10. The normalized spacial score (nSPS) is 24.5. The predicted molar refractivity (Wildman–Crippen MR) is 78.8 cm³/mol. The maximum atomic E-state index is 6.10. The summed E-state index contributed by atoms with van der Waals surface area (Å²) in [5.41, 5.74) is 7.46. The molecule has 0 radical (unpaired) electrons. The molecular formula is C15H26N4. The summed E-state index contributed by atoms with van der Waals surface area (Å²) in [5.74, 6) is 0. The Labute approximate surface area is 116 Å². The first-order valence-electron chi connectivity index (χ1n) is 7.12. The van der Waals surface area contributed by atoms with Crippen molar-refractivity contribution in [2.24, 2.45) is 5.73 Å². The number of hydrogen-bond donors (Lipinski definition) is 1. The second-order valence-electron chi connectivity index (χ2n) is 5.96. The predicted octanol–water partition coefficient (Wildman–Crippen LogP) is 1.33. The molecule has 0 saturated carbocycles. The molecule has 1 aromatic heterocycles. The number of rotatable bonds is 5. The summed E-state index contributed by atoms with van der Waals surface area (Å²) < 4.78 is 0. The zero-order valence-electron chi connectivity index (χ0n) is 12.3. The second-order valence-corrected chi connectivity index (χ2v) is 5.96. The van der Waals surface area contributed by atoms with Crippen molar-refractivity contribution in [3.8, 4) is 0 Å². The SMILES string of the molecule is CC(C)N1CCC(CN)(N(C)Cc2cccnc2)C1. The van der Waals surface area contributed by atoms with Crippen molar-refractivity contribution in [3.63, 3.8) is 0 Å². The van der Waals surface area contributed by atoms with E-state index in [-0.39, 0.29) is 5.54 Å². The van der Waals surface area contributed by atoms with Crippen molar-refractivity contribution in [1.82, 2.24) is 14.8 Å². The van der Waals surface area contributed by atoms with E-state index in [1.807, 2.05) is 18.5 Å². The fourth-order valence-electron chi connectivity index (χ4n) is 2.90. The molecule has 0 aliphatic carbocycles. The van der Waals surface area contributed by atoms with E-state index in [0.29, 0.717) is 12.6 Å². The number of nitrogens with two attached hydrogens (primary N) is 1. The summed E-state index contributed by atoms with van der Waals surface area (Å²) >= 11 is 0. The fraction of sp³-hybridized carbons (Fsp3) is 0.667. The Hall–Kier alpha value is -0.970. The van der Waals surface area contributed by atoms with Gasteiger partial charge in [0, 0.05) is 50.2 Å². The van der Waals surface area contributed by atoms with Gasteiger partial charge in [-0.2, -0.15) is 0 Å². The van der Waals surface area contributed by atoms with Gasteiger partial charge in [-0.3, -0.25) is 14.8 Å². The minimum atomic E-state index is 0.111. The zero-order chi connectivity index (χ0) is 13.9. The van der Waals surface area contributed by atoms with Crippen LogP contribution in [0.2, 0.25) is 0 Å². The van der Waals surface area contributed by atoms with Crippen molar-refractivity contribution in [2.45, 2.75) is 38.4 Å². The van der Waals surface area contributed by atoms with Gasteiger partial charge in [0.25, 0.3) is 0 Å². The molecule has 4 nitrogen and oxygen atoms in total. The van der Waals surface area contributed by atoms with Crippen LogP contribution in [-0.4, -0.2) is 53.0 Å². The molecule has 1 saturated heterocycles. The van der Waals surface area contributed by atoms with E-state index in [0.717, 1.165) is 26.1 Å². The molecule has 2 N–H and O–H groups in total. The van der Waals surface area contributed by atoms with Gasteiger partial charge in [-0.25, -0.2) is 0 Å². The lowest BCUT2D eigenvalue weighted by Crippen LogP contribution is -2.54. The van der Waals surface area contributed by atoms with Gasteiger partial charge in [0.2, 0.25) is 0 Å². The Bertz CT molecular complexity index is 392. The van der Waals surface area contributed by atoms with Crippen LogP contribution in [0.3, 0.4) is 0 Å². The summed E-state index contributed by atoms with van der Waals surface area (Å²) in [6.07, 6.45) is 4.91. The first-order chi connectivity index (χ1) is 9.07. The number of pyridine rings is 1. The molecule has 1 fully saturated rings. The largest absolute Gasteiger partial charge is 0.329 e. The Balaban J connectivity index is 2.05. The molecule has 106 valence electrons. The molecule has 0 spiro atoms. The lowest BCUT2D eigenvalue weighted by molar-refractivity contribution is 0.116. The van der Waals surface area contributed by atoms with Gasteiger partial charge < -0.3 is 5.73 Å². The lowest BCUT2D eigenvalue weighted by Gasteiger charge is -2.38. The summed E-state index contributed by atoms with van der Waals surface area (Å²) in [5, 5.41) is 0. The standard InChI is InChI=1S/C15H26N4/c1-13(2)19-8-6-15(11-16,12-19)18(3)10-14-5-4-7-17-9-14/h4-5,7,9,13H,6,8,10-12,16H2,1-3H3.